The summed E-state index contributed by atoms with van der Waals surface area (Å²) in [5.74, 6) is 0. The van der Waals surface area contributed by atoms with E-state index in [9.17, 15) is 0 Å². The van der Waals surface area contributed by atoms with E-state index in [4.69, 9.17) is 4.74 Å². The van der Waals surface area contributed by atoms with Gasteiger partial charge in [-0.05, 0) is 39.2 Å². The number of nitrogens with one attached hydrogen (secondary N) is 1. The van der Waals surface area contributed by atoms with Gasteiger partial charge in [0.25, 0.3) is 0 Å². The van der Waals surface area contributed by atoms with E-state index in [-0.39, 0.29) is 0 Å². The van der Waals surface area contributed by atoms with Gasteiger partial charge in [0.15, 0.2) is 0 Å². The van der Waals surface area contributed by atoms with Crippen molar-refractivity contribution < 1.29 is 4.74 Å². The van der Waals surface area contributed by atoms with Crippen molar-refractivity contribution in [3.05, 3.63) is 64.1 Å². The average Bonchev–Trinajstić information content (AvgIpc) is 2.40. The Morgan fingerprint density at radius 3 is 2.39 bits per heavy atom. The molecule has 94 valence electrons. The van der Waals surface area contributed by atoms with E-state index in [0.717, 1.165) is 16.7 Å². The third-order valence-electron chi connectivity index (χ3n) is 2.76. The molecule has 3 heteroatoms. The first kappa shape index (κ1) is 13.1. The molecule has 0 aliphatic carbocycles. The van der Waals surface area contributed by atoms with Crippen molar-refractivity contribution in [2.45, 2.75) is 13.2 Å². The van der Waals surface area contributed by atoms with Crippen LogP contribution in [0.25, 0.3) is 0 Å². The van der Waals surface area contributed by atoms with Crippen LogP contribution in [-0.2, 0) is 17.9 Å². The zero-order valence-corrected chi connectivity index (χ0v) is 11.9. The molecular formula is C15H16BrNO. The van der Waals surface area contributed by atoms with Crippen molar-refractivity contribution in [3.63, 3.8) is 0 Å². The normalized spacial score (nSPS) is 10.3. The van der Waals surface area contributed by atoms with Crippen LogP contribution in [0.2, 0.25) is 0 Å². The molecule has 0 saturated carbocycles. The summed E-state index contributed by atoms with van der Waals surface area (Å²) in [7, 11) is 1.72. The molecule has 0 unspecified atom stereocenters. The summed E-state index contributed by atoms with van der Waals surface area (Å²) >= 11 is 3.53. The van der Waals surface area contributed by atoms with Crippen LogP contribution in [0.15, 0.2) is 53.0 Å². The molecule has 0 heterocycles. The largest absolute Gasteiger partial charge is 0.380 e. The minimum Gasteiger partial charge on any atom is -0.380 e. The van der Waals surface area contributed by atoms with Gasteiger partial charge < -0.3 is 10.1 Å². The van der Waals surface area contributed by atoms with Crippen LogP contribution in [0.3, 0.4) is 0 Å². The predicted molar refractivity (Wildman–Crippen MR) is 78.6 cm³/mol. The fourth-order valence-corrected chi connectivity index (χ4v) is 2.25. The van der Waals surface area contributed by atoms with Crippen LogP contribution in [0.1, 0.15) is 11.1 Å². The number of para-hydroxylation sites is 1. The van der Waals surface area contributed by atoms with Crippen LogP contribution < -0.4 is 5.32 Å². The van der Waals surface area contributed by atoms with Gasteiger partial charge in [0, 0.05) is 23.8 Å². The summed E-state index contributed by atoms with van der Waals surface area (Å²) in [6.07, 6.45) is 0. The Hall–Kier alpha value is -1.32. The molecule has 1 N–H and O–H groups in total. The Kier molecular flexibility index (Phi) is 4.79. The number of ether oxygens (including phenoxy) is 1. The minimum absolute atomic E-state index is 0.647. The SMILES string of the molecule is COCc1ccccc1CNc1ccccc1Br. The van der Waals surface area contributed by atoms with Crippen LogP contribution in [0.4, 0.5) is 5.69 Å². The molecule has 2 nitrogen and oxygen atoms in total. The fourth-order valence-electron chi connectivity index (χ4n) is 1.82. The van der Waals surface area contributed by atoms with Crippen LogP contribution in [0, 0.1) is 0 Å². The van der Waals surface area contributed by atoms with Gasteiger partial charge in [-0.15, -0.1) is 0 Å². The third-order valence-corrected chi connectivity index (χ3v) is 3.45. The van der Waals surface area contributed by atoms with Gasteiger partial charge in [-0.1, -0.05) is 36.4 Å². The number of halogens is 1. The second-order valence-electron chi connectivity index (χ2n) is 4.04. The Balaban J connectivity index is 2.08. The van der Waals surface area contributed by atoms with Gasteiger partial charge in [-0.2, -0.15) is 0 Å². The molecule has 2 aromatic rings. The van der Waals surface area contributed by atoms with E-state index in [1.54, 1.807) is 7.11 Å². The number of methoxy groups -OCH3 is 1. The Labute approximate surface area is 116 Å². The molecule has 0 bridgehead atoms. The van der Waals surface area contributed by atoms with E-state index in [1.165, 1.54) is 11.1 Å². The highest BCUT2D eigenvalue weighted by Crippen LogP contribution is 2.22. The lowest BCUT2D eigenvalue weighted by Gasteiger charge is -2.12. The molecule has 0 aliphatic rings. The first-order valence-corrected chi connectivity index (χ1v) is 6.64. The van der Waals surface area contributed by atoms with Crippen molar-refractivity contribution in [2.24, 2.45) is 0 Å². The monoisotopic (exact) mass is 305 g/mol. The van der Waals surface area contributed by atoms with Crippen molar-refractivity contribution in [1.29, 1.82) is 0 Å². The maximum atomic E-state index is 5.21. The van der Waals surface area contributed by atoms with Gasteiger partial charge in [0.1, 0.15) is 0 Å². The molecule has 0 fully saturated rings. The van der Waals surface area contributed by atoms with E-state index in [1.807, 2.05) is 24.3 Å². The number of anilines is 1. The molecule has 0 aromatic heterocycles. The second kappa shape index (κ2) is 6.57. The highest BCUT2D eigenvalue weighted by atomic mass is 79.9. The first-order chi connectivity index (χ1) is 8.81. The average molecular weight is 306 g/mol. The molecule has 0 radical (unpaired) electrons. The summed E-state index contributed by atoms with van der Waals surface area (Å²) in [4.78, 5) is 0. The van der Waals surface area contributed by atoms with Crippen molar-refractivity contribution in [1.82, 2.24) is 0 Å². The van der Waals surface area contributed by atoms with Crippen LogP contribution in [-0.4, -0.2) is 7.11 Å². The van der Waals surface area contributed by atoms with Gasteiger partial charge in [-0.3, -0.25) is 0 Å². The van der Waals surface area contributed by atoms with Gasteiger partial charge >= 0.3 is 0 Å². The van der Waals surface area contributed by atoms with Gasteiger partial charge in [0.2, 0.25) is 0 Å². The number of rotatable bonds is 5. The molecule has 0 spiro atoms. The standard InChI is InChI=1S/C15H16BrNO/c1-18-11-13-7-3-2-6-12(13)10-17-15-9-5-4-8-14(15)16/h2-9,17H,10-11H2,1H3. The summed E-state index contributed by atoms with van der Waals surface area (Å²) in [6, 6.07) is 16.4. The summed E-state index contributed by atoms with van der Waals surface area (Å²) in [5.41, 5.74) is 3.58. The van der Waals surface area contributed by atoms with Crippen LogP contribution in [0.5, 0.6) is 0 Å². The molecule has 0 aliphatic heterocycles. The second-order valence-corrected chi connectivity index (χ2v) is 4.89. The van der Waals surface area contributed by atoms with Crippen LogP contribution >= 0.6 is 15.9 Å². The van der Waals surface area contributed by atoms with E-state index >= 15 is 0 Å². The molecule has 18 heavy (non-hydrogen) atoms. The Morgan fingerprint density at radius 2 is 1.67 bits per heavy atom. The summed E-state index contributed by atoms with van der Waals surface area (Å²) < 4.78 is 6.29. The maximum Gasteiger partial charge on any atom is 0.0716 e. The topological polar surface area (TPSA) is 21.3 Å². The lowest BCUT2D eigenvalue weighted by atomic mass is 10.1. The zero-order chi connectivity index (χ0) is 12.8. The molecule has 0 amide bonds. The van der Waals surface area contributed by atoms with Gasteiger partial charge in [-0.25, -0.2) is 0 Å². The fraction of sp³-hybridized carbons (Fsp3) is 0.200. The highest BCUT2D eigenvalue weighted by Gasteiger charge is 2.02. The summed E-state index contributed by atoms with van der Waals surface area (Å²) in [6.45, 7) is 1.44. The minimum atomic E-state index is 0.647. The first-order valence-electron chi connectivity index (χ1n) is 5.85. The smallest absolute Gasteiger partial charge is 0.0716 e. The number of hydrogen-bond donors (Lipinski definition) is 1. The van der Waals surface area contributed by atoms with Gasteiger partial charge in [0.05, 0.1) is 6.61 Å². The molecular weight excluding hydrogens is 290 g/mol. The lowest BCUT2D eigenvalue weighted by Crippen LogP contribution is -2.03. The van der Waals surface area contributed by atoms with Crippen molar-refractivity contribution in [2.75, 3.05) is 12.4 Å². The molecule has 2 aromatic carbocycles. The van der Waals surface area contributed by atoms with Crippen molar-refractivity contribution in [3.8, 4) is 0 Å². The third kappa shape index (κ3) is 3.34. The van der Waals surface area contributed by atoms with Crippen molar-refractivity contribution >= 4 is 21.6 Å². The number of hydrogen-bond acceptors (Lipinski definition) is 2. The Bertz CT molecular complexity index is 513. The predicted octanol–water partition coefficient (Wildman–Crippen LogP) is 4.21. The van der Waals surface area contributed by atoms with E-state index in [2.05, 4.69) is 45.5 Å². The quantitative estimate of drug-likeness (QED) is 0.893. The lowest BCUT2D eigenvalue weighted by molar-refractivity contribution is 0.184. The molecule has 0 saturated heterocycles. The zero-order valence-electron chi connectivity index (χ0n) is 10.3. The number of benzene rings is 2. The maximum absolute atomic E-state index is 5.21. The van der Waals surface area contributed by atoms with E-state index < -0.39 is 0 Å². The van der Waals surface area contributed by atoms with E-state index in [0.29, 0.717) is 6.61 Å². The summed E-state index contributed by atoms with van der Waals surface area (Å²) in [5, 5.41) is 3.43. The molecule has 2 rings (SSSR count). The highest BCUT2D eigenvalue weighted by molar-refractivity contribution is 9.10. The Morgan fingerprint density at radius 1 is 1.00 bits per heavy atom. The molecule has 0 atom stereocenters.